The van der Waals surface area contributed by atoms with Gasteiger partial charge >= 0.3 is 0 Å². The van der Waals surface area contributed by atoms with E-state index in [2.05, 4.69) is 42.4 Å². The second-order valence-corrected chi connectivity index (χ2v) is 8.93. The van der Waals surface area contributed by atoms with Crippen LogP contribution in [0.15, 0.2) is 28.6 Å². The summed E-state index contributed by atoms with van der Waals surface area (Å²) in [5.74, 6) is 1.17. The molecule has 0 saturated heterocycles. The van der Waals surface area contributed by atoms with Crippen molar-refractivity contribution in [2.75, 3.05) is 29.6 Å². The molecule has 0 atom stereocenters. The molecule has 27 heavy (non-hydrogen) atoms. The number of carbonyl (C=O) groups excluding carboxylic acids is 1. The number of rotatable bonds is 6. The number of fused-ring (bicyclic) bond motifs is 1. The SMILES string of the molecule is CCOc1ccc2c(c1)C(C)=CC(C)(C)N2C(=O)CSc1nnc(NC)s1. The molecular weight excluding hydrogens is 380 g/mol. The number of hydrogen-bond acceptors (Lipinski definition) is 7. The lowest BCUT2D eigenvalue weighted by Gasteiger charge is -2.41. The summed E-state index contributed by atoms with van der Waals surface area (Å²) in [6.07, 6.45) is 2.14. The van der Waals surface area contributed by atoms with Crippen LogP contribution in [-0.2, 0) is 4.79 Å². The fraction of sp³-hybridized carbons (Fsp3) is 0.421. The molecule has 0 radical (unpaired) electrons. The summed E-state index contributed by atoms with van der Waals surface area (Å²) in [5, 5.41) is 11.8. The Balaban J connectivity index is 1.86. The standard InChI is InChI=1S/C19H24N4O2S2/c1-6-25-13-7-8-15-14(9-13)12(2)10-19(3,4)23(15)16(24)11-26-18-22-21-17(20-5)27-18/h7-10H,6,11H2,1-5H3,(H,20,21). The summed E-state index contributed by atoms with van der Waals surface area (Å²) in [6.45, 7) is 8.77. The van der Waals surface area contributed by atoms with Gasteiger partial charge in [-0.1, -0.05) is 29.2 Å². The summed E-state index contributed by atoms with van der Waals surface area (Å²) < 4.78 is 6.41. The van der Waals surface area contributed by atoms with Crippen LogP contribution in [0.5, 0.6) is 5.75 Å². The van der Waals surface area contributed by atoms with Crippen LogP contribution in [0.1, 0.15) is 33.3 Å². The number of aromatic nitrogens is 2. The second-order valence-electron chi connectivity index (χ2n) is 6.73. The first-order chi connectivity index (χ1) is 12.9. The number of thioether (sulfide) groups is 1. The van der Waals surface area contributed by atoms with Gasteiger partial charge in [-0.05, 0) is 51.5 Å². The Kier molecular flexibility index (Phi) is 5.76. The Morgan fingerprint density at radius 1 is 1.37 bits per heavy atom. The lowest BCUT2D eigenvalue weighted by Crippen LogP contribution is -2.49. The van der Waals surface area contributed by atoms with Crippen LogP contribution < -0.4 is 15.0 Å². The van der Waals surface area contributed by atoms with Gasteiger partial charge in [-0.3, -0.25) is 4.79 Å². The number of nitrogens with one attached hydrogen (secondary N) is 1. The monoisotopic (exact) mass is 404 g/mol. The Morgan fingerprint density at radius 3 is 2.81 bits per heavy atom. The van der Waals surface area contributed by atoms with Gasteiger partial charge < -0.3 is 15.0 Å². The molecule has 1 aliphatic heterocycles. The van der Waals surface area contributed by atoms with Crippen molar-refractivity contribution in [3.05, 3.63) is 29.8 Å². The van der Waals surface area contributed by atoms with E-state index in [1.54, 1.807) is 7.05 Å². The molecule has 1 aromatic carbocycles. The number of allylic oxidation sites excluding steroid dienone is 1. The summed E-state index contributed by atoms with van der Waals surface area (Å²) in [6, 6.07) is 5.91. The predicted molar refractivity (Wildman–Crippen MR) is 113 cm³/mol. The van der Waals surface area contributed by atoms with Crippen molar-refractivity contribution in [3.63, 3.8) is 0 Å². The highest BCUT2D eigenvalue weighted by molar-refractivity contribution is 8.01. The van der Waals surface area contributed by atoms with Crippen molar-refractivity contribution in [2.24, 2.45) is 0 Å². The molecule has 0 aliphatic carbocycles. The van der Waals surface area contributed by atoms with Gasteiger partial charge in [0.25, 0.3) is 0 Å². The Labute approximate surface area is 168 Å². The van der Waals surface area contributed by atoms with E-state index < -0.39 is 5.54 Å². The van der Waals surface area contributed by atoms with E-state index in [1.165, 1.54) is 23.1 Å². The van der Waals surface area contributed by atoms with Gasteiger partial charge in [0.05, 0.1) is 23.6 Å². The zero-order valence-corrected chi connectivity index (χ0v) is 17.8. The molecule has 2 heterocycles. The fourth-order valence-corrected chi connectivity index (χ4v) is 4.83. The van der Waals surface area contributed by atoms with Crippen LogP contribution >= 0.6 is 23.1 Å². The van der Waals surface area contributed by atoms with E-state index in [1.807, 2.05) is 30.0 Å². The van der Waals surface area contributed by atoms with Crippen molar-refractivity contribution in [2.45, 2.75) is 37.6 Å². The van der Waals surface area contributed by atoms with Gasteiger partial charge in [-0.15, -0.1) is 10.2 Å². The summed E-state index contributed by atoms with van der Waals surface area (Å²) >= 11 is 2.86. The Hall–Kier alpha value is -2.06. The molecule has 6 nitrogen and oxygen atoms in total. The van der Waals surface area contributed by atoms with Gasteiger partial charge in [0.2, 0.25) is 11.0 Å². The van der Waals surface area contributed by atoms with Crippen molar-refractivity contribution in [1.82, 2.24) is 10.2 Å². The first-order valence-corrected chi connectivity index (χ1v) is 10.6. The quantitative estimate of drug-likeness (QED) is 0.724. The first-order valence-electron chi connectivity index (χ1n) is 8.79. The molecule has 1 aliphatic rings. The molecule has 0 spiro atoms. The van der Waals surface area contributed by atoms with E-state index in [0.717, 1.165) is 32.0 Å². The number of hydrogen-bond donors (Lipinski definition) is 1. The smallest absolute Gasteiger partial charge is 0.238 e. The molecule has 0 fully saturated rings. The molecule has 2 aromatic rings. The maximum atomic E-state index is 13.1. The average molecular weight is 405 g/mol. The zero-order valence-electron chi connectivity index (χ0n) is 16.2. The number of amides is 1. The van der Waals surface area contributed by atoms with E-state index in [-0.39, 0.29) is 5.91 Å². The third-order valence-electron chi connectivity index (χ3n) is 4.28. The highest BCUT2D eigenvalue weighted by atomic mass is 32.2. The molecule has 144 valence electrons. The Morgan fingerprint density at radius 2 is 2.15 bits per heavy atom. The largest absolute Gasteiger partial charge is 0.494 e. The second kappa shape index (κ2) is 7.90. The van der Waals surface area contributed by atoms with Crippen LogP contribution in [0.25, 0.3) is 5.57 Å². The molecule has 1 amide bonds. The van der Waals surface area contributed by atoms with E-state index in [4.69, 9.17) is 4.74 Å². The minimum atomic E-state index is -0.404. The number of benzene rings is 1. The van der Waals surface area contributed by atoms with Crippen molar-refractivity contribution in [1.29, 1.82) is 0 Å². The van der Waals surface area contributed by atoms with Crippen LogP contribution in [-0.4, -0.2) is 41.1 Å². The summed E-state index contributed by atoms with van der Waals surface area (Å²) in [4.78, 5) is 15.0. The van der Waals surface area contributed by atoms with Gasteiger partial charge in [0.15, 0.2) is 4.34 Å². The average Bonchev–Trinajstić information content (AvgIpc) is 3.08. The number of carbonyl (C=O) groups is 1. The van der Waals surface area contributed by atoms with Crippen LogP contribution in [0.3, 0.4) is 0 Å². The molecule has 8 heteroatoms. The molecule has 0 unspecified atom stereocenters. The minimum Gasteiger partial charge on any atom is -0.494 e. The molecule has 1 N–H and O–H groups in total. The lowest BCUT2D eigenvalue weighted by atomic mass is 9.88. The Bertz CT molecular complexity index is 876. The molecule has 3 rings (SSSR count). The van der Waals surface area contributed by atoms with E-state index >= 15 is 0 Å². The van der Waals surface area contributed by atoms with Crippen molar-refractivity contribution in [3.8, 4) is 5.75 Å². The highest BCUT2D eigenvalue weighted by Crippen LogP contribution is 2.41. The van der Waals surface area contributed by atoms with Gasteiger partial charge in [-0.2, -0.15) is 0 Å². The van der Waals surface area contributed by atoms with E-state index in [9.17, 15) is 4.79 Å². The lowest BCUT2D eigenvalue weighted by molar-refractivity contribution is -0.116. The predicted octanol–water partition coefficient (Wildman–Crippen LogP) is 4.30. The van der Waals surface area contributed by atoms with Gasteiger partial charge in [0, 0.05) is 12.6 Å². The molecular formula is C19H24N4O2S2. The highest BCUT2D eigenvalue weighted by Gasteiger charge is 2.35. The number of nitrogens with zero attached hydrogens (tertiary/aromatic N) is 3. The third kappa shape index (κ3) is 4.11. The number of anilines is 2. The fourth-order valence-electron chi connectivity index (χ4n) is 3.28. The molecule has 0 saturated carbocycles. The van der Waals surface area contributed by atoms with Crippen molar-refractivity contribution >= 4 is 45.4 Å². The summed E-state index contributed by atoms with van der Waals surface area (Å²) in [5.41, 5.74) is 2.70. The molecule has 1 aromatic heterocycles. The number of ether oxygens (including phenoxy) is 1. The van der Waals surface area contributed by atoms with Gasteiger partial charge in [-0.25, -0.2) is 0 Å². The maximum Gasteiger partial charge on any atom is 0.238 e. The van der Waals surface area contributed by atoms with Crippen LogP contribution in [0, 0.1) is 0 Å². The van der Waals surface area contributed by atoms with E-state index in [0.29, 0.717) is 12.4 Å². The van der Waals surface area contributed by atoms with Crippen molar-refractivity contribution < 1.29 is 9.53 Å². The first kappa shape index (κ1) is 19.7. The van der Waals surface area contributed by atoms with Crippen LogP contribution in [0.2, 0.25) is 0 Å². The van der Waals surface area contributed by atoms with Gasteiger partial charge in [0.1, 0.15) is 5.75 Å². The maximum absolute atomic E-state index is 13.1. The van der Waals surface area contributed by atoms with Crippen LogP contribution in [0.4, 0.5) is 10.8 Å². The summed E-state index contributed by atoms with van der Waals surface area (Å²) in [7, 11) is 1.80. The minimum absolute atomic E-state index is 0.0420. The third-order valence-corrected chi connectivity index (χ3v) is 6.34. The topological polar surface area (TPSA) is 67.3 Å². The normalized spacial score (nSPS) is 15.1. The molecule has 0 bridgehead atoms. The zero-order chi connectivity index (χ0) is 19.6.